The molecule has 0 aliphatic carbocycles. The van der Waals surface area contributed by atoms with Gasteiger partial charge in [-0.1, -0.05) is 0 Å². The molecule has 4 unspecified atom stereocenters. The molecule has 0 bridgehead atoms. The average Bonchev–Trinajstić information content (AvgIpc) is 2.70. The molecule has 8 nitrogen and oxygen atoms in total. The van der Waals surface area contributed by atoms with E-state index in [1.807, 2.05) is 0 Å². The number of aliphatic hydroxyl groups excluding tert-OH is 1. The highest BCUT2D eigenvalue weighted by molar-refractivity contribution is 5.99. The normalized spacial score (nSPS) is 27.4. The molecule has 0 spiro atoms. The van der Waals surface area contributed by atoms with Crippen LogP contribution in [0.3, 0.4) is 0 Å². The minimum atomic E-state index is -1.16. The molecule has 0 aromatic heterocycles. The van der Waals surface area contributed by atoms with E-state index in [0.717, 1.165) is 0 Å². The summed E-state index contributed by atoms with van der Waals surface area (Å²) in [5, 5.41) is 18.9. The first-order valence-electron chi connectivity index (χ1n) is 6.78. The molecule has 4 N–H and O–H groups in total. The van der Waals surface area contributed by atoms with Gasteiger partial charge in [-0.15, -0.1) is 0 Å². The van der Waals surface area contributed by atoms with E-state index in [9.17, 15) is 19.8 Å². The topological polar surface area (TPSA) is 122 Å². The Kier molecular flexibility index (Phi) is 4.62. The maximum atomic E-state index is 12.0. The monoisotopic (exact) mass is 300 g/mol. The second-order valence-electron chi connectivity index (χ2n) is 5.46. The zero-order valence-corrected chi connectivity index (χ0v) is 12.0. The van der Waals surface area contributed by atoms with Gasteiger partial charge in [0.2, 0.25) is 5.91 Å². The van der Waals surface area contributed by atoms with Gasteiger partial charge in [-0.05, 0) is 25.8 Å². The smallest absolute Gasteiger partial charge is 0.352 e. The highest BCUT2D eigenvalue weighted by Crippen LogP contribution is 2.43. The Morgan fingerprint density at radius 3 is 2.71 bits per heavy atom. The van der Waals surface area contributed by atoms with Crippen LogP contribution < -0.4 is 5.90 Å². The number of carbonyl (C=O) groups excluding carboxylic acids is 1. The summed E-state index contributed by atoms with van der Waals surface area (Å²) in [5.41, 5.74) is 0.524. The van der Waals surface area contributed by atoms with E-state index in [2.05, 4.69) is 4.84 Å². The molecule has 2 aliphatic rings. The predicted molar refractivity (Wildman–Crippen MR) is 70.6 cm³/mol. The number of amides is 1. The maximum absolute atomic E-state index is 12.0. The summed E-state index contributed by atoms with van der Waals surface area (Å²) in [6, 6.07) is -0.289. The number of carboxylic acid groups (broad SMARTS) is 1. The van der Waals surface area contributed by atoms with Gasteiger partial charge in [-0.2, -0.15) is 0 Å². The van der Waals surface area contributed by atoms with Crippen molar-refractivity contribution in [1.82, 2.24) is 4.90 Å². The van der Waals surface area contributed by atoms with E-state index in [0.29, 0.717) is 12.0 Å². The zero-order valence-electron chi connectivity index (χ0n) is 12.0. The Balaban J connectivity index is 2.10. The van der Waals surface area contributed by atoms with Crippen molar-refractivity contribution in [3.63, 3.8) is 0 Å². The van der Waals surface area contributed by atoms with E-state index in [1.165, 1.54) is 11.8 Å². The summed E-state index contributed by atoms with van der Waals surface area (Å²) < 4.78 is 5.48. The van der Waals surface area contributed by atoms with Crippen molar-refractivity contribution in [1.29, 1.82) is 0 Å². The molecular weight excluding hydrogens is 280 g/mol. The van der Waals surface area contributed by atoms with Crippen LogP contribution >= 0.6 is 0 Å². The molecule has 8 heteroatoms. The lowest BCUT2D eigenvalue weighted by molar-refractivity contribution is -0.161. The van der Waals surface area contributed by atoms with E-state index >= 15 is 0 Å². The van der Waals surface area contributed by atoms with Crippen LogP contribution in [-0.2, 0) is 19.2 Å². The van der Waals surface area contributed by atoms with Gasteiger partial charge in [0.05, 0.1) is 37.4 Å². The number of fused-ring (bicyclic) bond motifs is 1. The first-order valence-corrected chi connectivity index (χ1v) is 6.78. The number of aliphatic carboxylic acids is 1. The van der Waals surface area contributed by atoms with Crippen molar-refractivity contribution in [3.8, 4) is 0 Å². The van der Waals surface area contributed by atoms with Crippen molar-refractivity contribution >= 4 is 11.9 Å². The maximum Gasteiger partial charge on any atom is 0.352 e. The summed E-state index contributed by atoms with van der Waals surface area (Å²) in [6.07, 6.45) is -0.674. The highest BCUT2D eigenvalue weighted by Gasteiger charge is 2.56. The van der Waals surface area contributed by atoms with Crippen LogP contribution in [0, 0.1) is 5.92 Å². The van der Waals surface area contributed by atoms with Crippen LogP contribution in [0.2, 0.25) is 0 Å². The molecule has 2 rings (SSSR count). The third-order valence-electron chi connectivity index (χ3n) is 3.90. The molecule has 1 fully saturated rings. The van der Waals surface area contributed by atoms with Crippen LogP contribution in [-0.4, -0.2) is 58.5 Å². The van der Waals surface area contributed by atoms with Gasteiger partial charge in [0.1, 0.15) is 5.70 Å². The number of nitrogens with two attached hydrogens (primary N) is 1. The molecule has 1 amide bonds. The molecule has 0 aromatic carbocycles. The quantitative estimate of drug-likeness (QED) is 0.417. The molecule has 118 valence electrons. The molecule has 4 atom stereocenters. The van der Waals surface area contributed by atoms with E-state index < -0.39 is 18.0 Å². The fourth-order valence-corrected chi connectivity index (χ4v) is 2.92. The van der Waals surface area contributed by atoms with E-state index in [-0.39, 0.29) is 37.0 Å². The van der Waals surface area contributed by atoms with Gasteiger partial charge >= 0.3 is 5.97 Å². The van der Waals surface area contributed by atoms with Crippen molar-refractivity contribution in [2.75, 3.05) is 13.2 Å². The predicted octanol–water partition coefficient (Wildman–Crippen LogP) is -0.768. The zero-order chi connectivity index (χ0) is 15.7. The Hall–Kier alpha value is -1.48. The van der Waals surface area contributed by atoms with E-state index in [4.69, 9.17) is 10.6 Å². The second kappa shape index (κ2) is 6.10. The number of rotatable bonds is 7. The van der Waals surface area contributed by atoms with Crippen molar-refractivity contribution in [3.05, 3.63) is 11.3 Å². The Labute approximate surface area is 122 Å². The summed E-state index contributed by atoms with van der Waals surface area (Å²) >= 11 is 0. The van der Waals surface area contributed by atoms with Crippen LogP contribution in [0.5, 0.6) is 0 Å². The summed E-state index contributed by atoms with van der Waals surface area (Å²) in [6.45, 7) is 3.58. The summed E-state index contributed by atoms with van der Waals surface area (Å²) in [4.78, 5) is 29.1. The molecule has 0 radical (unpaired) electrons. The van der Waals surface area contributed by atoms with Crippen molar-refractivity contribution in [2.45, 2.75) is 38.5 Å². The van der Waals surface area contributed by atoms with Crippen LogP contribution in [0.1, 0.15) is 20.3 Å². The number of hydrogen-bond acceptors (Lipinski definition) is 6. The fraction of sp³-hybridized carbons (Fsp3) is 0.692. The minimum absolute atomic E-state index is 0.0252. The largest absolute Gasteiger partial charge is 0.477 e. The average molecular weight is 300 g/mol. The lowest BCUT2D eigenvalue weighted by Crippen LogP contribution is -2.61. The molecule has 0 saturated carbocycles. The molecule has 1 saturated heterocycles. The Bertz CT molecular complexity index is 475. The second-order valence-corrected chi connectivity index (χ2v) is 5.46. The van der Waals surface area contributed by atoms with Gasteiger partial charge in [-0.25, -0.2) is 10.7 Å². The lowest BCUT2D eigenvalue weighted by Gasteiger charge is -2.44. The first-order chi connectivity index (χ1) is 9.88. The number of aliphatic hydroxyl groups is 1. The van der Waals surface area contributed by atoms with Gasteiger partial charge in [-0.3, -0.25) is 4.79 Å². The van der Waals surface area contributed by atoms with Crippen molar-refractivity contribution in [2.24, 2.45) is 11.8 Å². The van der Waals surface area contributed by atoms with Gasteiger partial charge in [0, 0.05) is 0 Å². The first kappa shape index (κ1) is 15.9. The standard InChI is InChI=1S/C13H20N2O6/c1-6(4-21-14)20-5-8-3-9-10(7(2)16)12(17)15(9)11(8)13(18)19/h6-7,9-10,16H,3-5,14H2,1-2H3,(H,18,19). The molecular formula is C13H20N2O6. The Morgan fingerprint density at radius 2 is 2.19 bits per heavy atom. The highest BCUT2D eigenvalue weighted by atomic mass is 16.6. The Morgan fingerprint density at radius 1 is 1.52 bits per heavy atom. The number of carbonyl (C=O) groups is 2. The van der Waals surface area contributed by atoms with Crippen molar-refractivity contribution < 1.29 is 29.4 Å². The van der Waals surface area contributed by atoms with Gasteiger partial charge < -0.3 is 24.7 Å². The van der Waals surface area contributed by atoms with Crippen LogP contribution in [0.15, 0.2) is 11.3 Å². The summed E-state index contributed by atoms with van der Waals surface area (Å²) in [7, 11) is 0. The van der Waals surface area contributed by atoms with Crippen LogP contribution in [0.4, 0.5) is 0 Å². The number of ether oxygens (including phenoxy) is 1. The lowest BCUT2D eigenvalue weighted by atomic mass is 9.83. The van der Waals surface area contributed by atoms with Gasteiger partial charge in [0.25, 0.3) is 0 Å². The number of nitrogens with zero attached hydrogens (tertiary/aromatic N) is 1. The van der Waals surface area contributed by atoms with E-state index in [1.54, 1.807) is 6.92 Å². The SMILES string of the molecule is CC(CON)OCC1=C(C(=O)O)N2C(=O)C(C(C)O)C2C1. The molecule has 0 aromatic rings. The molecule has 21 heavy (non-hydrogen) atoms. The third-order valence-corrected chi connectivity index (χ3v) is 3.90. The third kappa shape index (κ3) is 2.80. The van der Waals surface area contributed by atoms with Gasteiger partial charge in [0.15, 0.2) is 0 Å². The summed E-state index contributed by atoms with van der Waals surface area (Å²) in [5.74, 6) is 2.90. The fourth-order valence-electron chi connectivity index (χ4n) is 2.92. The minimum Gasteiger partial charge on any atom is -0.477 e. The molecule has 2 aliphatic heterocycles. The number of hydrogen-bond donors (Lipinski definition) is 3. The number of carboxylic acids is 1. The number of β-lactam (4-membered cyclic amide) rings is 1. The molecule has 2 heterocycles. The van der Waals surface area contributed by atoms with Crippen LogP contribution in [0.25, 0.3) is 0 Å².